The Bertz CT molecular complexity index is 3000. The van der Waals surface area contributed by atoms with Gasteiger partial charge in [0.25, 0.3) is 0 Å². The molecular weight excluding hydrogens is 825 g/mol. The molecule has 10 bridgehead atoms. The van der Waals surface area contributed by atoms with E-state index in [2.05, 4.69) is 149 Å². The summed E-state index contributed by atoms with van der Waals surface area (Å²) < 4.78 is 38.5. The topological polar surface area (TPSA) is 102 Å². The van der Waals surface area contributed by atoms with Crippen molar-refractivity contribution >= 4 is 46.4 Å². The minimum Gasteiger partial charge on any atom is -0.491 e. The van der Waals surface area contributed by atoms with Crippen LogP contribution in [0.1, 0.15) is 22.8 Å². The molecule has 0 saturated heterocycles. The fourth-order valence-corrected chi connectivity index (χ4v) is 8.79. The summed E-state index contributed by atoms with van der Waals surface area (Å²) in [6, 6.07) is 48.4. The van der Waals surface area contributed by atoms with Gasteiger partial charge in [-0.2, -0.15) is 0 Å². The summed E-state index contributed by atoms with van der Waals surface area (Å²) in [7, 11) is 0. The van der Waals surface area contributed by atoms with Crippen molar-refractivity contribution in [2.45, 2.75) is 6.54 Å². The monoisotopic (exact) mass is 876 g/mol. The van der Waals surface area contributed by atoms with Crippen LogP contribution in [0.25, 0.3) is 90.9 Å². The second kappa shape index (κ2) is 20.9. The number of para-hydroxylation sites is 1. The summed E-state index contributed by atoms with van der Waals surface area (Å²) >= 11 is 0. The molecule has 66 heavy (non-hydrogen) atoms. The Labute approximate surface area is 384 Å². The molecule has 0 fully saturated rings. The molecule has 332 valence electrons. The number of rotatable bonds is 3. The van der Waals surface area contributed by atoms with Crippen LogP contribution in [0.2, 0.25) is 0 Å². The smallest absolute Gasteiger partial charge is 0.127 e. The largest absolute Gasteiger partial charge is 0.491 e. The highest BCUT2D eigenvalue weighted by molar-refractivity contribution is 6.00. The Morgan fingerprint density at radius 3 is 1.27 bits per heavy atom. The van der Waals surface area contributed by atoms with E-state index in [1.54, 1.807) is 0 Å². The van der Waals surface area contributed by atoms with Crippen LogP contribution in [0.3, 0.4) is 0 Å². The van der Waals surface area contributed by atoms with Crippen molar-refractivity contribution in [1.29, 1.82) is 0 Å². The summed E-state index contributed by atoms with van der Waals surface area (Å²) in [6.07, 6.45) is 8.54. The number of aromatic amines is 1. The molecule has 0 atom stereocenters. The molecule has 0 unspecified atom stereocenters. The molecular formula is C56H52N4O6. The highest BCUT2D eigenvalue weighted by Gasteiger charge is 2.22. The Hall–Kier alpha value is -6.92. The molecule has 3 aliphatic rings. The zero-order chi connectivity index (χ0) is 44.3. The molecule has 10 heteroatoms. The van der Waals surface area contributed by atoms with Crippen LogP contribution in [-0.4, -0.2) is 92.2 Å². The highest BCUT2D eigenvalue weighted by atomic mass is 16.6. The molecule has 0 spiro atoms. The van der Waals surface area contributed by atoms with Gasteiger partial charge < -0.3 is 38.0 Å². The maximum absolute atomic E-state index is 6.53. The molecule has 7 aromatic rings. The lowest BCUT2D eigenvalue weighted by molar-refractivity contribution is -0.0130. The number of H-pyrrole nitrogens is 1. The number of nitrogens with one attached hydrogen (secondary N) is 1. The molecule has 0 radical (unpaired) electrons. The zero-order valence-corrected chi connectivity index (χ0v) is 36.9. The lowest BCUT2D eigenvalue weighted by atomic mass is 10.0. The molecule has 3 aromatic heterocycles. The number of benzene rings is 4. The first-order chi connectivity index (χ1) is 32.8. The van der Waals surface area contributed by atoms with Crippen LogP contribution in [-0.2, 0) is 30.2 Å². The summed E-state index contributed by atoms with van der Waals surface area (Å²) in [5.74, 6) is 0.727. The van der Waals surface area contributed by atoms with Crippen molar-refractivity contribution < 1.29 is 28.4 Å². The standard InChI is InChI=1S/C56H52N4O6/c1-4-12-40(13-5-1)53-44-20-22-46(57-44)54(41-14-6-2-7-15-41)50-26-27-51-55(42-16-8-3-9-17-42)47-23-25-49(59-47)56(48-24-21-45(53)58-48)43-18-10-11-19-52(43)66-39-38-65-37-36-64-35-34-63-33-32-62-31-30-61-29-28-60(50)51/h1-27,58H,28-39H2. The fourth-order valence-electron chi connectivity index (χ4n) is 8.79. The number of hydrogen-bond acceptors (Lipinski definition) is 8. The van der Waals surface area contributed by atoms with Crippen molar-refractivity contribution in [2.24, 2.45) is 0 Å². The highest BCUT2D eigenvalue weighted by Crippen LogP contribution is 2.41. The number of nitrogens with zero attached hydrogens (tertiary/aromatic N) is 3. The average molecular weight is 877 g/mol. The van der Waals surface area contributed by atoms with Gasteiger partial charge in [0.15, 0.2) is 0 Å². The van der Waals surface area contributed by atoms with Gasteiger partial charge in [-0.15, -0.1) is 0 Å². The zero-order valence-electron chi connectivity index (χ0n) is 36.9. The van der Waals surface area contributed by atoms with Crippen LogP contribution in [0, 0.1) is 0 Å². The van der Waals surface area contributed by atoms with Crippen molar-refractivity contribution in [1.82, 2.24) is 19.5 Å². The minimum absolute atomic E-state index is 0.358. The first-order valence-electron chi connectivity index (χ1n) is 22.7. The van der Waals surface area contributed by atoms with Crippen LogP contribution >= 0.6 is 0 Å². The van der Waals surface area contributed by atoms with Gasteiger partial charge in [-0.05, 0) is 71.3 Å². The van der Waals surface area contributed by atoms with Gasteiger partial charge in [-0.3, -0.25) is 0 Å². The minimum atomic E-state index is 0.358. The van der Waals surface area contributed by atoms with E-state index in [-0.39, 0.29) is 0 Å². The van der Waals surface area contributed by atoms with Crippen molar-refractivity contribution in [3.05, 3.63) is 162 Å². The second-order valence-electron chi connectivity index (χ2n) is 16.0. The van der Waals surface area contributed by atoms with Crippen molar-refractivity contribution in [3.8, 4) is 50.3 Å². The van der Waals surface area contributed by atoms with E-state index in [9.17, 15) is 0 Å². The maximum atomic E-state index is 6.53. The van der Waals surface area contributed by atoms with E-state index < -0.39 is 0 Å². The van der Waals surface area contributed by atoms with Crippen LogP contribution in [0.5, 0.6) is 5.75 Å². The van der Waals surface area contributed by atoms with E-state index in [4.69, 9.17) is 38.4 Å². The third kappa shape index (κ3) is 9.55. The molecule has 1 N–H and O–H groups in total. The quantitative estimate of drug-likeness (QED) is 0.187. The van der Waals surface area contributed by atoms with Gasteiger partial charge in [-0.25, -0.2) is 9.97 Å². The number of fused-ring (bicyclic) bond motifs is 7. The maximum Gasteiger partial charge on any atom is 0.127 e. The lowest BCUT2D eigenvalue weighted by Crippen LogP contribution is -2.15. The van der Waals surface area contributed by atoms with Gasteiger partial charge in [-0.1, -0.05) is 109 Å². The van der Waals surface area contributed by atoms with Crippen LogP contribution in [0.4, 0.5) is 0 Å². The first kappa shape index (κ1) is 43.0. The average Bonchev–Trinajstić information content (AvgIpc) is 4.21. The van der Waals surface area contributed by atoms with Gasteiger partial charge >= 0.3 is 0 Å². The Morgan fingerprint density at radius 2 is 0.758 bits per heavy atom. The molecule has 6 heterocycles. The third-order valence-corrected chi connectivity index (χ3v) is 11.8. The lowest BCUT2D eigenvalue weighted by Gasteiger charge is -2.14. The van der Waals surface area contributed by atoms with E-state index in [0.29, 0.717) is 79.2 Å². The van der Waals surface area contributed by atoms with E-state index in [1.807, 2.05) is 24.3 Å². The molecule has 4 aromatic carbocycles. The normalized spacial score (nSPS) is 15.5. The first-order valence-corrected chi connectivity index (χ1v) is 22.7. The number of hydrogen-bond donors (Lipinski definition) is 1. The van der Waals surface area contributed by atoms with Gasteiger partial charge in [0.2, 0.25) is 0 Å². The van der Waals surface area contributed by atoms with Crippen LogP contribution in [0.15, 0.2) is 140 Å². The van der Waals surface area contributed by atoms with Crippen LogP contribution < -0.4 is 4.74 Å². The van der Waals surface area contributed by atoms with Crippen molar-refractivity contribution in [2.75, 3.05) is 72.7 Å². The summed E-state index contributed by atoms with van der Waals surface area (Å²) in [4.78, 5) is 15.0. The van der Waals surface area contributed by atoms with Gasteiger partial charge in [0.05, 0.1) is 99.9 Å². The molecule has 0 saturated carbocycles. The van der Waals surface area contributed by atoms with Gasteiger partial charge in [0, 0.05) is 45.4 Å². The molecule has 10 rings (SSSR count). The second-order valence-corrected chi connectivity index (χ2v) is 16.0. The molecule has 3 aliphatic heterocycles. The predicted molar refractivity (Wildman–Crippen MR) is 264 cm³/mol. The SMILES string of the molecule is C1=Cc2nc1c(-c1ccccc1)c1ccc([nH]1)c1c3nc(c(-c4ccccc4)c4ccc(c2-c2ccccc2)n4CCOCCOCCOCCOCCOCCOc2ccccc2-1)C=C3. The Kier molecular flexibility index (Phi) is 13.6. The third-order valence-electron chi connectivity index (χ3n) is 11.8. The van der Waals surface area contributed by atoms with E-state index in [0.717, 1.165) is 95.1 Å². The molecule has 0 amide bonds. The van der Waals surface area contributed by atoms with E-state index >= 15 is 0 Å². The summed E-state index contributed by atoms with van der Waals surface area (Å²) in [6.45, 7) is 5.52. The van der Waals surface area contributed by atoms with Crippen molar-refractivity contribution in [3.63, 3.8) is 0 Å². The van der Waals surface area contributed by atoms with E-state index in [1.165, 1.54) is 0 Å². The number of aromatic nitrogens is 4. The summed E-state index contributed by atoms with van der Waals surface area (Å²) in [5, 5.41) is 0. The number of ether oxygens (including phenoxy) is 6. The summed E-state index contributed by atoms with van der Waals surface area (Å²) in [5.41, 5.74) is 15.2. The Balaban J connectivity index is 1.27. The molecule has 0 aliphatic carbocycles. The Morgan fingerprint density at radius 1 is 0.364 bits per heavy atom. The van der Waals surface area contributed by atoms with Gasteiger partial charge in [0.1, 0.15) is 12.4 Å². The molecule has 10 nitrogen and oxygen atoms in total. The fraction of sp³-hybridized carbons (Fsp3) is 0.214. The predicted octanol–water partition coefficient (Wildman–Crippen LogP) is 11.3.